The summed E-state index contributed by atoms with van der Waals surface area (Å²) in [6.45, 7) is 5.49. The second kappa shape index (κ2) is 8.60. The van der Waals surface area contributed by atoms with Crippen LogP contribution < -0.4 is 14.8 Å². The molecule has 0 amide bonds. The molecule has 0 bridgehead atoms. The predicted octanol–water partition coefficient (Wildman–Crippen LogP) is 2.56. The first-order chi connectivity index (χ1) is 9.15. The number of rotatable bonds is 8. The molecule has 0 saturated heterocycles. The van der Waals surface area contributed by atoms with E-state index < -0.39 is 0 Å². The van der Waals surface area contributed by atoms with E-state index in [0.717, 1.165) is 27.1 Å². The van der Waals surface area contributed by atoms with Crippen molar-refractivity contribution in [3.05, 3.63) is 21.3 Å². The van der Waals surface area contributed by atoms with Gasteiger partial charge in [0.2, 0.25) is 0 Å². The molecule has 0 fully saturated rings. The minimum Gasteiger partial charge on any atom is -0.493 e. The van der Waals surface area contributed by atoms with Gasteiger partial charge in [0.05, 0.1) is 23.9 Å². The average molecular weight is 379 g/mol. The highest BCUT2D eigenvalue weighted by Crippen LogP contribution is 2.33. The molecular weight excluding hydrogens is 357 g/mol. The molecule has 1 atom stereocenters. The molecule has 0 aliphatic heterocycles. The Balaban J connectivity index is 2.83. The van der Waals surface area contributed by atoms with Crippen LogP contribution in [0, 0.1) is 3.57 Å². The maximum absolute atomic E-state index is 9.16. The van der Waals surface area contributed by atoms with Gasteiger partial charge in [0, 0.05) is 12.6 Å². The van der Waals surface area contributed by atoms with Crippen molar-refractivity contribution in [1.29, 1.82) is 0 Å². The standard InChI is InChI=1S/C14H22INO3/c1-4-11(9-17)16-8-10-6-12(15)14(19-5-2)13(7-10)18-3/h6-7,11,16-17H,4-5,8-9H2,1-3H3. The topological polar surface area (TPSA) is 50.7 Å². The van der Waals surface area contributed by atoms with E-state index in [-0.39, 0.29) is 12.6 Å². The molecule has 1 aromatic rings. The van der Waals surface area contributed by atoms with Crippen LogP contribution >= 0.6 is 22.6 Å². The number of nitrogens with one attached hydrogen (secondary N) is 1. The molecular formula is C14H22INO3. The largest absolute Gasteiger partial charge is 0.493 e. The first kappa shape index (κ1) is 16.5. The lowest BCUT2D eigenvalue weighted by molar-refractivity contribution is 0.238. The molecule has 1 rings (SSSR count). The van der Waals surface area contributed by atoms with Gasteiger partial charge >= 0.3 is 0 Å². The van der Waals surface area contributed by atoms with Crippen molar-refractivity contribution in [3.8, 4) is 11.5 Å². The summed E-state index contributed by atoms with van der Waals surface area (Å²) in [5.41, 5.74) is 1.12. The van der Waals surface area contributed by atoms with E-state index in [2.05, 4.69) is 40.9 Å². The summed E-state index contributed by atoms with van der Waals surface area (Å²) >= 11 is 2.25. The highest BCUT2D eigenvalue weighted by atomic mass is 127. The maximum Gasteiger partial charge on any atom is 0.174 e. The monoisotopic (exact) mass is 379 g/mol. The summed E-state index contributed by atoms with van der Waals surface area (Å²) in [5.74, 6) is 1.55. The van der Waals surface area contributed by atoms with E-state index in [4.69, 9.17) is 14.6 Å². The maximum atomic E-state index is 9.16. The Labute approximate surface area is 128 Å². The van der Waals surface area contributed by atoms with Gasteiger partial charge in [0.15, 0.2) is 11.5 Å². The van der Waals surface area contributed by atoms with E-state index in [1.54, 1.807) is 7.11 Å². The number of aliphatic hydroxyl groups excluding tert-OH is 1. The van der Waals surface area contributed by atoms with Crippen molar-refractivity contribution in [2.24, 2.45) is 0 Å². The van der Waals surface area contributed by atoms with Crippen molar-refractivity contribution in [2.45, 2.75) is 32.9 Å². The van der Waals surface area contributed by atoms with Crippen LogP contribution in [0.3, 0.4) is 0 Å². The summed E-state index contributed by atoms with van der Waals surface area (Å²) in [5, 5.41) is 12.5. The minimum absolute atomic E-state index is 0.134. The molecule has 1 aromatic carbocycles. The lowest BCUT2D eigenvalue weighted by atomic mass is 10.1. The van der Waals surface area contributed by atoms with E-state index in [1.165, 1.54) is 0 Å². The van der Waals surface area contributed by atoms with Crippen molar-refractivity contribution in [3.63, 3.8) is 0 Å². The number of ether oxygens (including phenoxy) is 2. The van der Waals surface area contributed by atoms with Gasteiger partial charge in [-0.05, 0) is 53.6 Å². The van der Waals surface area contributed by atoms with Crippen LogP contribution in [0.1, 0.15) is 25.8 Å². The zero-order chi connectivity index (χ0) is 14.3. The van der Waals surface area contributed by atoms with Crippen molar-refractivity contribution < 1.29 is 14.6 Å². The second-order valence-electron chi connectivity index (χ2n) is 4.21. The molecule has 0 spiro atoms. The Morgan fingerprint density at radius 1 is 1.37 bits per heavy atom. The first-order valence-electron chi connectivity index (χ1n) is 6.49. The third-order valence-corrected chi connectivity index (χ3v) is 3.69. The van der Waals surface area contributed by atoms with E-state index in [0.29, 0.717) is 13.2 Å². The van der Waals surface area contributed by atoms with Gasteiger partial charge in [-0.3, -0.25) is 0 Å². The zero-order valence-electron chi connectivity index (χ0n) is 11.7. The molecule has 2 N–H and O–H groups in total. The number of aliphatic hydroxyl groups is 1. The minimum atomic E-state index is 0.134. The summed E-state index contributed by atoms with van der Waals surface area (Å²) in [6.07, 6.45) is 0.905. The van der Waals surface area contributed by atoms with Gasteiger partial charge in [0.1, 0.15) is 0 Å². The molecule has 1 unspecified atom stereocenters. The van der Waals surface area contributed by atoms with Crippen molar-refractivity contribution >= 4 is 22.6 Å². The number of hydrogen-bond acceptors (Lipinski definition) is 4. The van der Waals surface area contributed by atoms with Crippen molar-refractivity contribution in [2.75, 3.05) is 20.3 Å². The normalized spacial score (nSPS) is 12.3. The van der Waals surface area contributed by atoms with E-state index >= 15 is 0 Å². The van der Waals surface area contributed by atoms with Crippen LogP contribution in [0.2, 0.25) is 0 Å². The van der Waals surface area contributed by atoms with Crippen LogP contribution in [0.5, 0.6) is 11.5 Å². The van der Waals surface area contributed by atoms with Crippen LogP contribution in [0.4, 0.5) is 0 Å². The van der Waals surface area contributed by atoms with Crippen molar-refractivity contribution in [1.82, 2.24) is 5.32 Å². The molecule has 0 radical (unpaired) electrons. The van der Waals surface area contributed by atoms with E-state index in [1.807, 2.05) is 13.0 Å². The zero-order valence-corrected chi connectivity index (χ0v) is 13.9. The second-order valence-corrected chi connectivity index (χ2v) is 5.37. The number of halogens is 1. The summed E-state index contributed by atoms with van der Waals surface area (Å²) in [6, 6.07) is 4.19. The Hall–Kier alpha value is -0.530. The van der Waals surface area contributed by atoms with Crippen LogP contribution in [-0.2, 0) is 6.54 Å². The van der Waals surface area contributed by atoms with Gasteiger partial charge in [-0.15, -0.1) is 0 Å². The van der Waals surface area contributed by atoms with Gasteiger partial charge in [-0.25, -0.2) is 0 Å². The molecule has 19 heavy (non-hydrogen) atoms. The third-order valence-electron chi connectivity index (χ3n) is 2.89. The quantitative estimate of drug-likeness (QED) is 0.682. The highest BCUT2D eigenvalue weighted by Gasteiger charge is 2.12. The van der Waals surface area contributed by atoms with E-state index in [9.17, 15) is 0 Å². The molecule has 5 heteroatoms. The SMILES string of the molecule is CCOc1c(I)cc(CNC(CC)CO)cc1OC. The van der Waals surface area contributed by atoms with Gasteiger partial charge in [0.25, 0.3) is 0 Å². The van der Waals surface area contributed by atoms with Crippen LogP contribution in [-0.4, -0.2) is 31.5 Å². The fourth-order valence-corrected chi connectivity index (χ4v) is 2.58. The summed E-state index contributed by atoms with van der Waals surface area (Å²) in [7, 11) is 1.65. The summed E-state index contributed by atoms with van der Waals surface area (Å²) < 4.78 is 12.0. The number of benzene rings is 1. The Bertz CT molecular complexity index is 395. The number of methoxy groups -OCH3 is 1. The molecule has 108 valence electrons. The Morgan fingerprint density at radius 3 is 2.63 bits per heavy atom. The van der Waals surface area contributed by atoms with Gasteiger partial charge < -0.3 is 19.9 Å². The fourth-order valence-electron chi connectivity index (χ4n) is 1.76. The molecule has 0 heterocycles. The van der Waals surface area contributed by atoms with Crippen LogP contribution in [0.15, 0.2) is 12.1 Å². The highest BCUT2D eigenvalue weighted by molar-refractivity contribution is 14.1. The fraction of sp³-hybridized carbons (Fsp3) is 0.571. The summed E-state index contributed by atoms with van der Waals surface area (Å²) in [4.78, 5) is 0. The first-order valence-corrected chi connectivity index (χ1v) is 7.57. The number of hydrogen-bond donors (Lipinski definition) is 2. The Kier molecular flexibility index (Phi) is 7.48. The smallest absolute Gasteiger partial charge is 0.174 e. The van der Waals surface area contributed by atoms with Crippen LogP contribution in [0.25, 0.3) is 0 Å². The van der Waals surface area contributed by atoms with Gasteiger partial charge in [-0.1, -0.05) is 6.92 Å². The lowest BCUT2D eigenvalue weighted by Gasteiger charge is -2.16. The third kappa shape index (κ3) is 4.81. The Morgan fingerprint density at radius 2 is 2.11 bits per heavy atom. The molecule has 0 aromatic heterocycles. The molecule has 0 aliphatic carbocycles. The molecule has 0 saturated carbocycles. The predicted molar refractivity (Wildman–Crippen MR) is 84.9 cm³/mol. The average Bonchev–Trinajstić information content (AvgIpc) is 2.42. The molecule has 0 aliphatic rings. The lowest BCUT2D eigenvalue weighted by Crippen LogP contribution is -2.31. The van der Waals surface area contributed by atoms with Gasteiger partial charge in [-0.2, -0.15) is 0 Å². The molecule has 4 nitrogen and oxygen atoms in total.